The summed E-state index contributed by atoms with van der Waals surface area (Å²) in [6, 6.07) is 13.1. The minimum atomic E-state index is 0.987. The number of aromatic amines is 1. The van der Waals surface area contributed by atoms with Crippen LogP contribution in [0.1, 0.15) is 29.2 Å². The molecule has 0 aliphatic carbocycles. The average Bonchev–Trinajstić information content (AvgIpc) is 3.05. The Labute approximate surface area is 167 Å². The quantitative estimate of drug-likeness (QED) is 0.398. The van der Waals surface area contributed by atoms with Crippen LogP contribution in [0.4, 0.5) is 0 Å². The first kappa shape index (κ1) is 18.3. The standard InChI is InChI=1S/C22H22INS/c1-14(9-20-10-16(3)21(23)11-15(20)2)13-25-17(4)18-5-6-22-19(12-18)7-8-24-22/h5-8,10-13,24H,4,9H2,1-3H3/b14-13+. The van der Waals surface area contributed by atoms with Crippen LogP contribution in [0.3, 0.4) is 0 Å². The van der Waals surface area contributed by atoms with E-state index in [4.69, 9.17) is 0 Å². The molecular weight excluding hydrogens is 437 g/mol. The summed E-state index contributed by atoms with van der Waals surface area (Å²) in [4.78, 5) is 4.31. The zero-order valence-corrected chi connectivity index (χ0v) is 17.8. The Morgan fingerprint density at radius 1 is 1.16 bits per heavy atom. The molecule has 2 aromatic carbocycles. The van der Waals surface area contributed by atoms with Gasteiger partial charge in [0.25, 0.3) is 0 Å². The topological polar surface area (TPSA) is 15.8 Å². The molecule has 0 unspecified atom stereocenters. The van der Waals surface area contributed by atoms with Gasteiger partial charge in [0.05, 0.1) is 0 Å². The van der Waals surface area contributed by atoms with Crippen molar-refractivity contribution in [2.45, 2.75) is 27.2 Å². The van der Waals surface area contributed by atoms with Crippen molar-refractivity contribution >= 4 is 50.2 Å². The summed E-state index contributed by atoms with van der Waals surface area (Å²) in [5.41, 5.74) is 7.83. The van der Waals surface area contributed by atoms with E-state index in [2.05, 4.69) is 96.7 Å². The maximum atomic E-state index is 4.25. The smallest absolute Gasteiger partial charge is 0.0454 e. The summed E-state index contributed by atoms with van der Waals surface area (Å²) in [6.07, 6.45) is 2.96. The van der Waals surface area contributed by atoms with Crippen molar-refractivity contribution in [3.05, 3.63) is 86.0 Å². The Balaban J connectivity index is 1.70. The van der Waals surface area contributed by atoms with Gasteiger partial charge in [-0.2, -0.15) is 0 Å². The maximum absolute atomic E-state index is 4.25. The fourth-order valence-corrected chi connectivity index (χ4v) is 4.15. The van der Waals surface area contributed by atoms with Crippen LogP contribution in [0, 0.1) is 17.4 Å². The maximum Gasteiger partial charge on any atom is 0.0454 e. The molecule has 1 nitrogen and oxygen atoms in total. The molecule has 0 saturated carbocycles. The Hall–Kier alpha value is -1.46. The van der Waals surface area contributed by atoms with Gasteiger partial charge in [-0.1, -0.05) is 36.0 Å². The highest BCUT2D eigenvalue weighted by Gasteiger charge is 2.05. The number of thioether (sulfide) groups is 1. The predicted octanol–water partition coefficient (Wildman–Crippen LogP) is 7.24. The molecule has 0 amide bonds. The van der Waals surface area contributed by atoms with Gasteiger partial charge in [-0.05, 0) is 107 Å². The summed E-state index contributed by atoms with van der Waals surface area (Å²) >= 11 is 4.12. The highest BCUT2D eigenvalue weighted by Crippen LogP contribution is 2.30. The van der Waals surface area contributed by atoms with Crippen LogP contribution in [0.25, 0.3) is 15.8 Å². The van der Waals surface area contributed by atoms with Gasteiger partial charge in [-0.15, -0.1) is 0 Å². The number of aromatic nitrogens is 1. The lowest BCUT2D eigenvalue weighted by atomic mass is 10.00. The van der Waals surface area contributed by atoms with E-state index >= 15 is 0 Å². The summed E-state index contributed by atoms with van der Waals surface area (Å²) in [5, 5.41) is 3.46. The number of fused-ring (bicyclic) bond motifs is 1. The van der Waals surface area contributed by atoms with Crippen molar-refractivity contribution in [3.63, 3.8) is 0 Å². The van der Waals surface area contributed by atoms with E-state index in [9.17, 15) is 0 Å². The monoisotopic (exact) mass is 459 g/mol. The second kappa shape index (κ2) is 7.83. The fraction of sp³-hybridized carbons (Fsp3) is 0.182. The molecule has 0 atom stereocenters. The van der Waals surface area contributed by atoms with E-state index in [0.29, 0.717) is 0 Å². The minimum Gasteiger partial charge on any atom is -0.361 e. The van der Waals surface area contributed by atoms with Gasteiger partial charge in [-0.25, -0.2) is 0 Å². The Bertz CT molecular complexity index is 965. The molecule has 0 bridgehead atoms. The first-order valence-corrected chi connectivity index (χ1v) is 10.2. The Morgan fingerprint density at radius 3 is 2.76 bits per heavy atom. The molecule has 3 aromatic rings. The molecule has 0 spiro atoms. The minimum absolute atomic E-state index is 0.987. The number of aryl methyl sites for hydroxylation is 2. The van der Waals surface area contributed by atoms with Crippen molar-refractivity contribution in [1.29, 1.82) is 0 Å². The first-order chi connectivity index (χ1) is 11.9. The molecule has 128 valence electrons. The number of benzene rings is 2. The molecule has 3 heteroatoms. The van der Waals surface area contributed by atoms with Gasteiger partial charge in [0.2, 0.25) is 0 Å². The van der Waals surface area contributed by atoms with Gasteiger partial charge in [0.15, 0.2) is 0 Å². The summed E-state index contributed by atoms with van der Waals surface area (Å²) in [5.74, 6) is 0. The third kappa shape index (κ3) is 4.39. The van der Waals surface area contributed by atoms with Crippen molar-refractivity contribution in [2.24, 2.45) is 0 Å². The van der Waals surface area contributed by atoms with Gasteiger partial charge in [-0.3, -0.25) is 0 Å². The lowest BCUT2D eigenvalue weighted by Gasteiger charge is -2.10. The van der Waals surface area contributed by atoms with Crippen LogP contribution in [-0.2, 0) is 6.42 Å². The van der Waals surface area contributed by atoms with Crippen LogP contribution >= 0.6 is 34.4 Å². The fourth-order valence-electron chi connectivity index (χ4n) is 2.84. The second-order valence-corrected chi connectivity index (χ2v) is 8.62. The number of hydrogen-bond acceptors (Lipinski definition) is 1. The van der Waals surface area contributed by atoms with Crippen molar-refractivity contribution in [3.8, 4) is 0 Å². The normalized spacial score (nSPS) is 11.9. The highest BCUT2D eigenvalue weighted by molar-refractivity contribution is 14.1. The second-order valence-electron chi connectivity index (χ2n) is 6.49. The number of allylic oxidation sites excluding steroid dienone is 1. The number of hydrogen-bond donors (Lipinski definition) is 1. The Morgan fingerprint density at radius 2 is 1.96 bits per heavy atom. The highest BCUT2D eigenvalue weighted by atomic mass is 127. The number of nitrogens with one attached hydrogen (secondary N) is 1. The van der Waals surface area contributed by atoms with Gasteiger partial charge in [0, 0.05) is 20.2 Å². The van der Waals surface area contributed by atoms with E-state index in [0.717, 1.165) is 16.8 Å². The zero-order valence-electron chi connectivity index (χ0n) is 14.8. The van der Waals surface area contributed by atoms with E-state index in [1.165, 1.54) is 36.8 Å². The number of H-pyrrole nitrogens is 1. The van der Waals surface area contributed by atoms with Crippen molar-refractivity contribution < 1.29 is 0 Å². The first-order valence-electron chi connectivity index (χ1n) is 8.28. The molecule has 0 aliphatic heterocycles. The molecule has 1 heterocycles. The molecule has 25 heavy (non-hydrogen) atoms. The molecule has 0 saturated heterocycles. The molecule has 1 N–H and O–H groups in total. The average molecular weight is 459 g/mol. The van der Waals surface area contributed by atoms with E-state index in [1.54, 1.807) is 11.8 Å². The van der Waals surface area contributed by atoms with Gasteiger partial charge < -0.3 is 4.98 Å². The lowest BCUT2D eigenvalue weighted by Crippen LogP contribution is -1.94. The summed E-state index contributed by atoms with van der Waals surface area (Å²) in [7, 11) is 0. The van der Waals surface area contributed by atoms with Crippen LogP contribution in [-0.4, -0.2) is 4.98 Å². The van der Waals surface area contributed by atoms with Crippen molar-refractivity contribution in [1.82, 2.24) is 4.98 Å². The molecule has 0 fully saturated rings. The number of halogens is 1. The zero-order chi connectivity index (χ0) is 18.0. The predicted molar refractivity (Wildman–Crippen MR) is 121 cm³/mol. The SMILES string of the molecule is C=C(S/C=C(\C)Cc1cc(C)c(I)cc1C)c1ccc2[nH]ccc2c1. The molecule has 3 rings (SSSR count). The summed E-state index contributed by atoms with van der Waals surface area (Å²) in [6.45, 7) is 10.8. The number of rotatable bonds is 5. The van der Waals surface area contributed by atoms with E-state index < -0.39 is 0 Å². The molecule has 0 aliphatic rings. The molecule has 1 aromatic heterocycles. The van der Waals surface area contributed by atoms with Crippen LogP contribution in [0.15, 0.2) is 60.2 Å². The van der Waals surface area contributed by atoms with E-state index in [1.807, 2.05) is 6.20 Å². The lowest BCUT2D eigenvalue weighted by molar-refractivity contribution is 1.11. The van der Waals surface area contributed by atoms with Gasteiger partial charge >= 0.3 is 0 Å². The molecule has 0 radical (unpaired) electrons. The van der Waals surface area contributed by atoms with Gasteiger partial charge in [0.1, 0.15) is 0 Å². The summed E-state index contributed by atoms with van der Waals surface area (Å²) < 4.78 is 1.34. The largest absolute Gasteiger partial charge is 0.361 e. The van der Waals surface area contributed by atoms with Crippen molar-refractivity contribution in [2.75, 3.05) is 0 Å². The van der Waals surface area contributed by atoms with E-state index in [-0.39, 0.29) is 0 Å². The third-order valence-corrected chi connectivity index (χ3v) is 6.57. The van der Waals surface area contributed by atoms with Crippen LogP contribution < -0.4 is 0 Å². The third-order valence-electron chi connectivity index (χ3n) is 4.36. The van der Waals surface area contributed by atoms with Crippen LogP contribution in [0.5, 0.6) is 0 Å². The van der Waals surface area contributed by atoms with Crippen LogP contribution in [0.2, 0.25) is 0 Å². The Kier molecular flexibility index (Phi) is 5.74. The molecular formula is C22H22INS.